The molecule has 0 saturated carbocycles. The lowest BCUT2D eigenvalue weighted by Gasteiger charge is -2.35. The molecule has 1 aliphatic rings. The molecule has 1 saturated heterocycles. The zero-order chi connectivity index (χ0) is 14.8. The van der Waals surface area contributed by atoms with E-state index in [4.69, 9.17) is 5.73 Å². The van der Waals surface area contributed by atoms with E-state index in [1.54, 1.807) is 0 Å². The fraction of sp³-hybridized carbons (Fsp3) is 0.444. The van der Waals surface area contributed by atoms with Gasteiger partial charge in [0, 0.05) is 18.3 Å². The van der Waals surface area contributed by atoms with Crippen LogP contribution >= 0.6 is 0 Å². The predicted octanol–water partition coefficient (Wildman–Crippen LogP) is 2.95. The van der Waals surface area contributed by atoms with E-state index in [2.05, 4.69) is 60.3 Å². The Hall–Kier alpha value is -1.58. The smallest absolute Gasteiger partial charge is 0.0366 e. The molecular weight excluding hydrogens is 258 g/mol. The molecule has 0 aromatic heterocycles. The van der Waals surface area contributed by atoms with E-state index in [1.807, 2.05) is 0 Å². The summed E-state index contributed by atoms with van der Waals surface area (Å²) in [6.45, 7) is 3.33. The van der Waals surface area contributed by atoms with Crippen molar-refractivity contribution in [1.82, 2.24) is 9.80 Å². The first-order valence-corrected chi connectivity index (χ1v) is 7.79. The summed E-state index contributed by atoms with van der Waals surface area (Å²) in [5.74, 6) is 0. The number of hydrogen-bond acceptors (Lipinski definition) is 3. The molecule has 0 spiro atoms. The van der Waals surface area contributed by atoms with Crippen LogP contribution in [0.1, 0.15) is 18.4 Å². The normalized spacial score (nSPS) is 17.7. The van der Waals surface area contributed by atoms with Gasteiger partial charge in [0.25, 0.3) is 0 Å². The second kappa shape index (κ2) is 6.04. The molecule has 21 heavy (non-hydrogen) atoms. The summed E-state index contributed by atoms with van der Waals surface area (Å²) in [4.78, 5) is 4.88. The van der Waals surface area contributed by atoms with Gasteiger partial charge in [-0.3, -0.25) is 4.90 Å². The van der Waals surface area contributed by atoms with Crippen LogP contribution in [0.2, 0.25) is 0 Å². The lowest BCUT2D eigenvalue weighted by molar-refractivity contribution is 0.139. The summed E-state index contributed by atoms with van der Waals surface area (Å²) >= 11 is 0. The second-order valence-electron chi connectivity index (χ2n) is 6.35. The molecule has 3 nitrogen and oxygen atoms in total. The second-order valence-corrected chi connectivity index (χ2v) is 6.35. The third kappa shape index (κ3) is 3.20. The van der Waals surface area contributed by atoms with Gasteiger partial charge in [-0.25, -0.2) is 0 Å². The van der Waals surface area contributed by atoms with Crippen molar-refractivity contribution in [3.05, 3.63) is 42.0 Å². The van der Waals surface area contributed by atoms with Gasteiger partial charge >= 0.3 is 0 Å². The van der Waals surface area contributed by atoms with Crippen molar-refractivity contribution in [1.29, 1.82) is 0 Å². The lowest BCUT2D eigenvalue weighted by Crippen LogP contribution is -2.41. The van der Waals surface area contributed by atoms with Crippen molar-refractivity contribution < 1.29 is 0 Å². The number of anilines is 1. The van der Waals surface area contributed by atoms with Gasteiger partial charge in [0.15, 0.2) is 0 Å². The average molecular weight is 283 g/mol. The van der Waals surface area contributed by atoms with E-state index in [1.165, 1.54) is 42.3 Å². The Kier molecular flexibility index (Phi) is 4.13. The van der Waals surface area contributed by atoms with Gasteiger partial charge < -0.3 is 10.6 Å². The number of likely N-dealkylation sites (tertiary alicyclic amines) is 1. The molecule has 0 bridgehead atoms. The van der Waals surface area contributed by atoms with Crippen LogP contribution in [0, 0.1) is 0 Å². The van der Waals surface area contributed by atoms with E-state index >= 15 is 0 Å². The van der Waals surface area contributed by atoms with Crippen molar-refractivity contribution in [2.45, 2.75) is 25.4 Å². The Labute approximate surface area is 127 Å². The molecule has 2 N–H and O–H groups in total. The van der Waals surface area contributed by atoms with Gasteiger partial charge in [-0.15, -0.1) is 0 Å². The Morgan fingerprint density at radius 3 is 2.43 bits per heavy atom. The number of benzene rings is 2. The molecule has 3 rings (SSSR count). The summed E-state index contributed by atoms with van der Waals surface area (Å²) in [6.07, 6.45) is 2.50. The van der Waals surface area contributed by atoms with Gasteiger partial charge in [-0.1, -0.05) is 24.3 Å². The van der Waals surface area contributed by atoms with E-state index in [0.29, 0.717) is 6.04 Å². The lowest BCUT2D eigenvalue weighted by atomic mass is 10.0. The molecule has 1 fully saturated rings. The van der Waals surface area contributed by atoms with Crippen LogP contribution in [-0.4, -0.2) is 43.0 Å². The highest BCUT2D eigenvalue weighted by molar-refractivity contribution is 5.86. The van der Waals surface area contributed by atoms with E-state index in [-0.39, 0.29) is 0 Å². The standard InChI is InChI=1S/C18H25N3/c1-20-9-7-17(8-10-20)21(2)13-16-11-14-5-3-4-6-15(14)12-18(16)19/h3-6,11-12,17H,7-10,13,19H2,1-2H3. The number of nitrogens with two attached hydrogens (primary N) is 1. The van der Waals surface area contributed by atoms with Crippen molar-refractivity contribution in [3.63, 3.8) is 0 Å². The fourth-order valence-electron chi connectivity index (χ4n) is 3.28. The van der Waals surface area contributed by atoms with Gasteiger partial charge in [-0.2, -0.15) is 0 Å². The number of rotatable bonds is 3. The molecule has 2 aromatic carbocycles. The maximum absolute atomic E-state index is 6.25. The largest absolute Gasteiger partial charge is 0.398 e. The molecule has 0 aliphatic carbocycles. The highest BCUT2D eigenvalue weighted by atomic mass is 15.2. The van der Waals surface area contributed by atoms with Crippen molar-refractivity contribution in [2.24, 2.45) is 0 Å². The van der Waals surface area contributed by atoms with Crippen molar-refractivity contribution in [3.8, 4) is 0 Å². The van der Waals surface area contributed by atoms with Crippen LogP contribution in [0.5, 0.6) is 0 Å². The molecule has 112 valence electrons. The molecule has 0 amide bonds. The number of hydrogen-bond donors (Lipinski definition) is 1. The molecule has 1 heterocycles. The quantitative estimate of drug-likeness (QED) is 0.879. The van der Waals surface area contributed by atoms with Gasteiger partial charge in [-0.05, 0) is 68.5 Å². The number of piperidine rings is 1. The first-order valence-electron chi connectivity index (χ1n) is 7.79. The third-order valence-corrected chi connectivity index (χ3v) is 4.74. The average Bonchev–Trinajstić information content (AvgIpc) is 2.48. The minimum Gasteiger partial charge on any atom is -0.398 e. The first kappa shape index (κ1) is 14.4. The minimum absolute atomic E-state index is 0.673. The van der Waals surface area contributed by atoms with Crippen LogP contribution in [0.15, 0.2) is 36.4 Å². The molecule has 0 atom stereocenters. The monoisotopic (exact) mass is 283 g/mol. The summed E-state index contributed by atoms with van der Waals surface area (Å²) < 4.78 is 0. The Morgan fingerprint density at radius 2 is 1.76 bits per heavy atom. The molecule has 2 aromatic rings. The van der Waals surface area contributed by atoms with Crippen molar-refractivity contribution >= 4 is 16.5 Å². The summed E-state index contributed by atoms with van der Waals surface area (Å²) in [5.41, 5.74) is 8.41. The Morgan fingerprint density at radius 1 is 1.14 bits per heavy atom. The van der Waals surface area contributed by atoms with Gasteiger partial charge in [0.2, 0.25) is 0 Å². The van der Waals surface area contributed by atoms with Crippen LogP contribution < -0.4 is 5.73 Å². The zero-order valence-corrected chi connectivity index (χ0v) is 13.0. The Bertz CT molecular complexity index is 615. The predicted molar refractivity (Wildman–Crippen MR) is 90.3 cm³/mol. The van der Waals surface area contributed by atoms with Crippen LogP contribution in [-0.2, 0) is 6.54 Å². The van der Waals surface area contributed by atoms with E-state index in [0.717, 1.165) is 12.2 Å². The summed E-state index contributed by atoms with van der Waals surface area (Å²) in [7, 11) is 4.43. The zero-order valence-electron chi connectivity index (χ0n) is 13.0. The SMILES string of the molecule is CN1CCC(N(C)Cc2cc3ccccc3cc2N)CC1. The van der Waals surface area contributed by atoms with Gasteiger partial charge in [0.05, 0.1) is 0 Å². The summed E-state index contributed by atoms with van der Waals surface area (Å²) in [6, 6.07) is 13.5. The molecule has 3 heteroatoms. The maximum Gasteiger partial charge on any atom is 0.0366 e. The minimum atomic E-state index is 0.673. The van der Waals surface area contributed by atoms with Gasteiger partial charge in [0.1, 0.15) is 0 Å². The summed E-state index contributed by atoms with van der Waals surface area (Å²) in [5, 5.41) is 2.50. The highest BCUT2D eigenvalue weighted by Gasteiger charge is 2.21. The number of nitrogens with zero attached hydrogens (tertiary/aromatic N) is 2. The topological polar surface area (TPSA) is 32.5 Å². The molecule has 0 unspecified atom stereocenters. The van der Waals surface area contributed by atoms with Crippen LogP contribution in [0.3, 0.4) is 0 Å². The van der Waals surface area contributed by atoms with Crippen LogP contribution in [0.25, 0.3) is 10.8 Å². The number of fused-ring (bicyclic) bond motifs is 1. The third-order valence-electron chi connectivity index (χ3n) is 4.74. The fourth-order valence-corrected chi connectivity index (χ4v) is 3.28. The van der Waals surface area contributed by atoms with E-state index < -0.39 is 0 Å². The maximum atomic E-state index is 6.25. The Balaban J connectivity index is 1.76. The first-order chi connectivity index (χ1) is 10.1. The molecule has 0 radical (unpaired) electrons. The van der Waals surface area contributed by atoms with Crippen molar-refractivity contribution in [2.75, 3.05) is 32.9 Å². The molecular formula is C18H25N3. The molecule has 1 aliphatic heterocycles. The highest BCUT2D eigenvalue weighted by Crippen LogP contribution is 2.24. The van der Waals surface area contributed by atoms with Crippen LogP contribution in [0.4, 0.5) is 5.69 Å². The van der Waals surface area contributed by atoms with E-state index in [9.17, 15) is 0 Å². The number of nitrogen functional groups attached to an aromatic ring is 1.